The van der Waals surface area contributed by atoms with E-state index in [1.54, 1.807) is 313 Å². The van der Waals surface area contributed by atoms with E-state index < -0.39 is 0 Å². The molecule has 0 spiro atoms. The minimum Gasteiger partial charge on any atom is -0.0472 e. The van der Waals surface area contributed by atoms with Gasteiger partial charge in [-0.15, -0.1) is 0 Å². The quantitative estimate of drug-likeness (QED) is 0.135. The highest BCUT2D eigenvalue weighted by molar-refractivity contribution is 6.81. The molecular formula is C62H6. The Hall–Kier alpha value is -7.54. The van der Waals surface area contributed by atoms with Gasteiger partial charge in [-0.3, -0.25) is 0 Å². The summed E-state index contributed by atoms with van der Waals surface area (Å²) in [7, 11) is 0. The number of benzene rings is 17. The summed E-state index contributed by atoms with van der Waals surface area (Å²) in [5.41, 5.74) is 10.2. The predicted molar refractivity (Wildman–Crippen MR) is 264 cm³/mol. The Labute approximate surface area is 336 Å². The molecular weight excluding hydrogens is 745 g/mol. The molecule has 254 valence electrons. The number of hydrogen-bond donors (Lipinski definition) is 0. The molecule has 27 aromatic rings. The van der Waals surface area contributed by atoms with Crippen LogP contribution in [0.2, 0.25) is 0 Å². The molecule has 0 heteroatoms. The maximum absolute atomic E-state index is 2.81. The molecule has 5 aliphatic carbocycles. The highest BCUT2D eigenvalue weighted by Crippen LogP contribution is 2.83. The highest BCUT2D eigenvalue weighted by atomic mass is 14.6. The standard InChI is InChI=1S/C62H6/c1-61-55-47-38-31-18-11-5-6-8-4-3-7(5)16(18)22-20-9(3)13-10(4)21-23-17(8)19-12(6)15-14(11)25-33-26(15)35-32(19)39-37(23)41-28(21)30-24(13)29-27(20)40(36(22)38)51(55)53-42(29)43(30)54-52(41)56-48(39)45(35)50-46(33)49(44(47)34(25)31)57(61)58(50)62(56,2)60(54)59(53)61/h1-2H3. The second-order valence-corrected chi connectivity index (χ2v) is 24.0. The Morgan fingerprint density at radius 3 is 0.355 bits per heavy atom. The first-order valence-electron chi connectivity index (χ1n) is 23.5. The summed E-state index contributed by atoms with van der Waals surface area (Å²) in [5.74, 6) is 0. The van der Waals surface area contributed by atoms with Gasteiger partial charge in [-0.2, -0.15) is 0 Å². The van der Waals surface area contributed by atoms with Crippen LogP contribution in [0.4, 0.5) is 0 Å². The molecule has 0 nitrogen and oxygen atoms in total. The molecule has 32 rings (SSSR count). The monoisotopic (exact) mass is 750 g/mol. The fourth-order valence-corrected chi connectivity index (χ4v) is 24.0. The largest absolute Gasteiger partial charge is 0.0472 e. The molecule has 0 aromatic heterocycles. The molecule has 27 aromatic carbocycles. The van der Waals surface area contributed by atoms with Crippen LogP contribution in [0.5, 0.6) is 0 Å². The van der Waals surface area contributed by atoms with Crippen molar-refractivity contribution < 1.29 is 0 Å². The van der Waals surface area contributed by atoms with Gasteiger partial charge in [0, 0.05) is 10.8 Å². The fourth-order valence-electron chi connectivity index (χ4n) is 24.0. The molecule has 0 fully saturated rings. The first-order valence-corrected chi connectivity index (χ1v) is 23.5. The third-order valence-corrected chi connectivity index (χ3v) is 24.0. The summed E-state index contributed by atoms with van der Waals surface area (Å²) >= 11 is 0. The zero-order valence-electron chi connectivity index (χ0n) is 32.0. The fraction of sp³-hybridized carbons (Fsp3) is 0.0645. The molecule has 2 atom stereocenters. The maximum Gasteiger partial charge on any atom is 0.0455 e. The van der Waals surface area contributed by atoms with E-state index in [9.17, 15) is 0 Å². The van der Waals surface area contributed by atoms with E-state index in [2.05, 4.69) is 13.8 Å². The van der Waals surface area contributed by atoms with Crippen molar-refractivity contribution in [3.8, 4) is 0 Å². The Morgan fingerprint density at radius 2 is 0.194 bits per heavy atom. The lowest BCUT2D eigenvalue weighted by molar-refractivity contribution is 0.608. The third-order valence-electron chi connectivity index (χ3n) is 24.0. The van der Waals surface area contributed by atoms with Gasteiger partial charge in [-0.1, -0.05) is 0 Å². The zero-order valence-corrected chi connectivity index (χ0v) is 32.0. The molecule has 0 amide bonds. The summed E-state index contributed by atoms with van der Waals surface area (Å²) in [6.07, 6.45) is 0. The van der Waals surface area contributed by atoms with Crippen LogP contribution in [0.3, 0.4) is 0 Å². The van der Waals surface area contributed by atoms with E-state index in [0.29, 0.717) is 0 Å². The van der Waals surface area contributed by atoms with Crippen LogP contribution < -0.4 is 0 Å². The average molecular weight is 751 g/mol. The van der Waals surface area contributed by atoms with Gasteiger partial charge in [0.25, 0.3) is 0 Å². The van der Waals surface area contributed by atoms with Crippen LogP contribution in [-0.4, -0.2) is 0 Å². The first kappa shape index (κ1) is 21.8. The molecule has 0 heterocycles. The van der Waals surface area contributed by atoms with Gasteiger partial charge in [-0.05, 0) is 327 Å². The van der Waals surface area contributed by atoms with E-state index in [4.69, 9.17) is 0 Å². The van der Waals surface area contributed by atoms with Crippen LogP contribution in [0, 0.1) is 0 Å². The molecule has 62 heavy (non-hydrogen) atoms. The van der Waals surface area contributed by atoms with Crippen LogP contribution >= 0.6 is 0 Å². The number of rotatable bonds is 0. The van der Waals surface area contributed by atoms with Gasteiger partial charge in [-0.25, -0.2) is 0 Å². The topological polar surface area (TPSA) is 0 Å². The van der Waals surface area contributed by atoms with Gasteiger partial charge in [0.15, 0.2) is 0 Å². The van der Waals surface area contributed by atoms with Gasteiger partial charge in [0.05, 0.1) is 0 Å². The van der Waals surface area contributed by atoms with E-state index in [1.165, 1.54) is 0 Å². The minimum absolute atomic E-state index is 0.179. The predicted octanol–water partition coefficient (Wildman–Crippen LogP) is 17.0. The zero-order chi connectivity index (χ0) is 36.5. The lowest BCUT2D eigenvalue weighted by atomic mass is 9.55. The molecule has 2 unspecified atom stereocenters. The molecule has 0 aliphatic heterocycles. The summed E-state index contributed by atoms with van der Waals surface area (Å²) in [6, 6.07) is 0. The Kier molecular flexibility index (Phi) is 1.63. The second kappa shape index (κ2) is 4.62. The van der Waals surface area contributed by atoms with Crippen molar-refractivity contribution in [1.29, 1.82) is 0 Å². The molecule has 0 N–H and O–H groups in total. The van der Waals surface area contributed by atoms with E-state index >= 15 is 0 Å². The Balaban J connectivity index is 1.32. The number of hydrogen-bond acceptors (Lipinski definition) is 0. The average Bonchev–Trinajstić information content (AvgIpc) is 4.12. The van der Waals surface area contributed by atoms with Crippen molar-refractivity contribution in [2.75, 3.05) is 0 Å². The van der Waals surface area contributed by atoms with Gasteiger partial charge in [0.2, 0.25) is 0 Å². The third kappa shape index (κ3) is 1.05. The smallest absolute Gasteiger partial charge is 0.0455 e. The van der Waals surface area contributed by atoms with Crippen molar-refractivity contribution in [1.82, 2.24) is 0 Å². The van der Waals surface area contributed by atoms with Crippen LogP contribution in [0.25, 0.3) is 280 Å². The molecule has 0 saturated heterocycles. The van der Waals surface area contributed by atoms with Crippen molar-refractivity contribution in [3.05, 3.63) is 33.4 Å². The maximum atomic E-state index is 2.81. The molecule has 0 bridgehead atoms. The summed E-state index contributed by atoms with van der Waals surface area (Å²) in [6.45, 7) is 5.61. The lowest BCUT2D eigenvalue weighted by Gasteiger charge is -2.46. The van der Waals surface area contributed by atoms with Crippen molar-refractivity contribution in [3.63, 3.8) is 0 Å². The van der Waals surface area contributed by atoms with Crippen LogP contribution in [-0.2, 0) is 10.8 Å². The van der Waals surface area contributed by atoms with E-state index in [0.717, 1.165) is 0 Å². The summed E-state index contributed by atoms with van der Waals surface area (Å²) in [5, 5.41) is 87.4. The highest BCUT2D eigenvalue weighted by Gasteiger charge is 2.64. The summed E-state index contributed by atoms with van der Waals surface area (Å²) in [4.78, 5) is 0. The SMILES string of the molecule is CC12c3c4c5c6c7c8c9c%10c(c1c1c%11c2c2c%12c3c5c3c5c%12c%12c2c2c%11c%11c%13c1c%10c1c%10c9c9c7c7c6c3c3c5c5c%12c6c2c%11c2c(c%131)c1c%10c9c9c7c3c3c9c1c2c6c53)C48C. The first-order chi connectivity index (χ1) is 30.7. The van der Waals surface area contributed by atoms with Gasteiger partial charge < -0.3 is 0 Å². The van der Waals surface area contributed by atoms with Crippen LogP contribution in [0.15, 0.2) is 0 Å². The van der Waals surface area contributed by atoms with Crippen molar-refractivity contribution >= 4 is 280 Å². The van der Waals surface area contributed by atoms with E-state index in [-0.39, 0.29) is 10.8 Å². The van der Waals surface area contributed by atoms with Crippen molar-refractivity contribution in [2.45, 2.75) is 24.7 Å². The lowest BCUT2D eigenvalue weighted by Crippen LogP contribution is -2.39. The Morgan fingerprint density at radius 1 is 0.113 bits per heavy atom. The van der Waals surface area contributed by atoms with Crippen molar-refractivity contribution in [2.24, 2.45) is 0 Å². The molecule has 0 saturated carbocycles. The summed E-state index contributed by atoms with van der Waals surface area (Å²) < 4.78 is 0. The van der Waals surface area contributed by atoms with Crippen LogP contribution in [0.1, 0.15) is 47.2 Å². The van der Waals surface area contributed by atoms with E-state index in [1.807, 2.05) is 0 Å². The minimum atomic E-state index is -0.179. The molecule has 5 aliphatic rings. The molecule has 0 radical (unpaired) electrons. The second-order valence-electron chi connectivity index (χ2n) is 24.0. The van der Waals surface area contributed by atoms with Gasteiger partial charge in [0.1, 0.15) is 0 Å². The van der Waals surface area contributed by atoms with Gasteiger partial charge >= 0.3 is 0 Å². The Bertz CT molecular complexity index is 6550. The normalized spacial score (nSPS) is 23.1.